The number of hydrogen-bond acceptors (Lipinski definition) is 3. The fourth-order valence-corrected chi connectivity index (χ4v) is 3.21. The second-order valence-corrected chi connectivity index (χ2v) is 6.59. The number of aryl methyl sites for hydroxylation is 1. The summed E-state index contributed by atoms with van der Waals surface area (Å²) >= 11 is 0. The Hall–Kier alpha value is -0.900. The van der Waals surface area contributed by atoms with Crippen LogP contribution in [-0.2, 0) is 6.42 Å². The highest BCUT2D eigenvalue weighted by Crippen LogP contribution is 2.19. The van der Waals surface area contributed by atoms with Crippen molar-refractivity contribution >= 4 is 0 Å². The molecule has 1 fully saturated rings. The van der Waals surface area contributed by atoms with Gasteiger partial charge in [0, 0.05) is 31.7 Å². The molecule has 1 aliphatic rings. The van der Waals surface area contributed by atoms with Crippen molar-refractivity contribution in [3.05, 3.63) is 35.4 Å². The molecule has 3 nitrogen and oxygen atoms in total. The highest BCUT2D eigenvalue weighted by atomic mass is 16.3. The van der Waals surface area contributed by atoms with Crippen LogP contribution in [0.4, 0.5) is 0 Å². The molecule has 0 radical (unpaired) electrons. The van der Waals surface area contributed by atoms with E-state index in [0.29, 0.717) is 12.1 Å². The molecule has 1 aliphatic heterocycles. The van der Waals surface area contributed by atoms with E-state index < -0.39 is 0 Å². The van der Waals surface area contributed by atoms with E-state index in [1.807, 2.05) is 0 Å². The van der Waals surface area contributed by atoms with Gasteiger partial charge in [0.1, 0.15) is 0 Å². The molecule has 1 saturated heterocycles. The van der Waals surface area contributed by atoms with Gasteiger partial charge in [-0.2, -0.15) is 0 Å². The van der Waals surface area contributed by atoms with Gasteiger partial charge in [-0.05, 0) is 38.4 Å². The van der Waals surface area contributed by atoms with Crippen LogP contribution in [0, 0.1) is 0 Å². The van der Waals surface area contributed by atoms with Crippen molar-refractivity contribution in [2.45, 2.75) is 51.8 Å². The molecule has 118 valence electrons. The van der Waals surface area contributed by atoms with Crippen LogP contribution >= 0.6 is 0 Å². The van der Waals surface area contributed by atoms with Gasteiger partial charge in [0.15, 0.2) is 0 Å². The summed E-state index contributed by atoms with van der Waals surface area (Å²) in [6.45, 7) is 9.51. The Morgan fingerprint density at radius 1 is 1.14 bits per heavy atom. The van der Waals surface area contributed by atoms with Gasteiger partial charge >= 0.3 is 0 Å². The molecule has 0 bridgehead atoms. The van der Waals surface area contributed by atoms with Gasteiger partial charge < -0.3 is 5.11 Å². The Kier molecular flexibility index (Phi) is 5.80. The Labute approximate surface area is 129 Å². The molecular weight excluding hydrogens is 260 g/mol. The molecule has 2 rings (SSSR count). The topological polar surface area (TPSA) is 26.7 Å². The minimum absolute atomic E-state index is 0.386. The highest BCUT2D eigenvalue weighted by Gasteiger charge is 2.27. The Balaban J connectivity index is 1.93. The zero-order valence-corrected chi connectivity index (χ0v) is 13.9. The van der Waals surface area contributed by atoms with E-state index in [0.717, 1.165) is 31.6 Å². The van der Waals surface area contributed by atoms with Crippen molar-refractivity contribution in [1.82, 2.24) is 9.80 Å². The van der Waals surface area contributed by atoms with Crippen molar-refractivity contribution in [2.24, 2.45) is 0 Å². The molecule has 0 aromatic heterocycles. The number of benzene rings is 1. The van der Waals surface area contributed by atoms with Gasteiger partial charge in [0.05, 0.1) is 6.10 Å². The van der Waals surface area contributed by atoms with E-state index in [1.54, 1.807) is 0 Å². The number of piperazine rings is 1. The molecule has 1 aromatic carbocycles. The van der Waals surface area contributed by atoms with Gasteiger partial charge in [-0.1, -0.05) is 37.6 Å². The van der Waals surface area contributed by atoms with E-state index in [1.165, 1.54) is 12.0 Å². The molecule has 3 heteroatoms. The van der Waals surface area contributed by atoms with Crippen molar-refractivity contribution in [1.29, 1.82) is 0 Å². The third-order valence-electron chi connectivity index (χ3n) is 4.77. The third kappa shape index (κ3) is 4.29. The van der Waals surface area contributed by atoms with Gasteiger partial charge in [-0.25, -0.2) is 0 Å². The van der Waals surface area contributed by atoms with Gasteiger partial charge in [-0.3, -0.25) is 9.80 Å². The summed E-state index contributed by atoms with van der Waals surface area (Å²) in [5.74, 6) is 0. The molecule has 0 spiro atoms. The van der Waals surface area contributed by atoms with E-state index in [-0.39, 0.29) is 6.10 Å². The lowest BCUT2D eigenvalue weighted by atomic mass is 10.0. The zero-order valence-electron chi connectivity index (χ0n) is 13.9. The lowest BCUT2D eigenvalue weighted by Crippen LogP contribution is -2.55. The maximum atomic E-state index is 10.5. The van der Waals surface area contributed by atoms with Crippen LogP contribution < -0.4 is 0 Å². The van der Waals surface area contributed by atoms with Crippen molar-refractivity contribution in [2.75, 3.05) is 26.7 Å². The van der Waals surface area contributed by atoms with E-state index >= 15 is 0 Å². The quantitative estimate of drug-likeness (QED) is 0.903. The summed E-state index contributed by atoms with van der Waals surface area (Å²) < 4.78 is 0. The second kappa shape index (κ2) is 7.39. The van der Waals surface area contributed by atoms with Crippen LogP contribution in [-0.4, -0.2) is 53.7 Å². The molecule has 3 unspecified atom stereocenters. The van der Waals surface area contributed by atoms with Crippen LogP contribution in [0.1, 0.15) is 44.4 Å². The predicted octanol–water partition coefficient (Wildman–Crippen LogP) is 2.70. The summed E-state index contributed by atoms with van der Waals surface area (Å²) in [4.78, 5) is 4.81. The summed E-state index contributed by atoms with van der Waals surface area (Å²) in [6.07, 6.45) is 1.89. The van der Waals surface area contributed by atoms with Crippen LogP contribution in [0.2, 0.25) is 0 Å². The number of aliphatic hydroxyl groups is 1. The summed E-state index contributed by atoms with van der Waals surface area (Å²) in [5, 5.41) is 10.5. The maximum absolute atomic E-state index is 10.5. The predicted molar refractivity (Wildman–Crippen MR) is 88.5 cm³/mol. The first-order valence-electron chi connectivity index (χ1n) is 8.22. The van der Waals surface area contributed by atoms with Gasteiger partial charge in [-0.15, -0.1) is 0 Å². The molecule has 1 aromatic rings. The minimum atomic E-state index is -0.386. The molecule has 0 amide bonds. The van der Waals surface area contributed by atoms with Crippen LogP contribution in [0.15, 0.2) is 24.3 Å². The molecule has 0 aliphatic carbocycles. The normalized spacial score (nSPS) is 26.0. The first kappa shape index (κ1) is 16.5. The number of likely N-dealkylation sites (N-methyl/N-ethyl adjacent to an activating group) is 1. The van der Waals surface area contributed by atoms with Gasteiger partial charge in [0.25, 0.3) is 0 Å². The van der Waals surface area contributed by atoms with Crippen LogP contribution in [0.3, 0.4) is 0 Å². The third-order valence-corrected chi connectivity index (χ3v) is 4.77. The Morgan fingerprint density at radius 3 is 2.24 bits per heavy atom. The highest BCUT2D eigenvalue weighted by molar-refractivity contribution is 5.24. The number of hydrogen-bond donors (Lipinski definition) is 1. The van der Waals surface area contributed by atoms with E-state index in [4.69, 9.17) is 0 Å². The smallest absolute Gasteiger partial charge is 0.0916 e. The Morgan fingerprint density at radius 2 is 1.71 bits per heavy atom. The maximum Gasteiger partial charge on any atom is 0.0916 e. The SMILES string of the molecule is CCCc1ccc(C(O)CN2CC(C)N(C)C(C)C2)cc1. The molecule has 21 heavy (non-hydrogen) atoms. The largest absolute Gasteiger partial charge is 0.387 e. The van der Waals surface area contributed by atoms with E-state index in [9.17, 15) is 5.11 Å². The summed E-state index contributed by atoms with van der Waals surface area (Å²) in [6, 6.07) is 9.56. The van der Waals surface area contributed by atoms with Crippen molar-refractivity contribution < 1.29 is 5.11 Å². The average molecular weight is 290 g/mol. The zero-order chi connectivity index (χ0) is 15.4. The van der Waals surface area contributed by atoms with Crippen molar-refractivity contribution in [3.8, 4) is 0 Å². The number of aliphatic hydroxyl groups excluding tert-OH is 1. The fourth-order valence-electron chi connectivity index (χ4n) is 3.21. The molecule has 0 saturated carbocycles. The number of β-amino-alcohol motifs (C(OH)–C–C–N with tert-alkyl or cyclic N) is 1. The number of rotatable bonds is 5. The summed E-state index contributed by atoms with van der Waals surface area (Å²) in [7, 11) is 2.19. The Bertz CT molecular complexity index is 419. The fraction of sp³-hybridized carbons (Fsp3) is 0.667. The van der Waals surface area contributed by atoms with E-state index in [2.05, 4.69) is 61.9 Å². The van der Waals surface area contributed by atoms with Crippen LogP contribution in [0.5, 0.6) is 0 Å². The second-order valence-electron chi connectivity index (χ2n) is 6.59. The molecule has 1 heterocycles. The van der Waals surface area contributed by atoms with Crippen LogP contribution in [0.25, 0.3) is 0 Å². The number of nitrogens with zero attached hydrogens (tertiary/aromatic N) is 2. The monoisotopic (exact) mass is 290 g/mol. The molecular formula is C18H30N2O. The minimum Gasteiger partial charge on any atom is -0.387 e. The van der Waals surface area contributed by atoms with Gasteiger partial charge in [0.2, 0.25) is 0 Å². The average Bonchev–Trinajstić information content (AvgIpc) is 2.45. The summed E-state index contributed by atoms with van der Waals surface area (Å²) in [5.41, 5.74) is 2.39. The lowest BCUT2D eigenvalue weighted by Gasteiger charge is -2.43. The standard InChI is InChI=1S/C18H30N2O/c1-5-6-16-7-9-17(10-8-16)18(21)13-20-11-14(2)19(4)15(3)12-20/h7-10,14-15,18,21H,5-6,11-13H2,1-4H3. The first-order valence-corrected chi connectivity index (χ1v) is 8.22. The molecule has 1 N–H and O–H groups in total. The van der Waals surface area contributed by atoms with Crippen molar-refractivity contribution in [3.63, 3.8) is 0 Å². The first-order chi connectivity index (χ1) is 10.0. The lowest BCUT2D eigenvalue weighted by molar-refractivity contribution is 0.0282. The molecule has 3 atom stereocenters.